The second-order valence-electron chi connectivity index (χ2n) is 4.85. The molecule has 1 aromatic carbocycles. The van der Waals surface area contributed by atoms with Crippen molar-refractivity contribution in [2.45, 2.75) is 12.7 Å². The van der Waals surface area contributed by atoms with E-state index in [4.69, 9.17) is 0 Å². The quantitative estimate of drug-likeness (QED) is 0.930. The number of alkyl halides is 3. The Morgan fingerprint density at radius 3 is 2.48 bits per heavy atom. The van der Waals surface area contributed by atoms with E-state index in [-0.39, 0.29) is 0 Å². The second-order valence-corrected chi connectivity index (χ2v) is 4.85. The molecule has 0 aliphatic heterocycles. The highest BCUT2D eigenvalue weighted by Gasteiger charge is 2.30. The van der Waals surface area contributed by atoms with E-state index < -0.39 is 11.7 Å². The van der Waals surface area contributed by atoms with E-state index in [1.807, 2.05) is 31.1 Å². The number of hydrogen-bond donors (Lipinski definition) is 1. The van der Waals surface area contributed by atoms with Crippen LogP contribution in [0.15, 0.2) is 42.6 Å². The molecule has 2 rings (SSSR count). The van der Waals surface area contributed by atoms with Crippen LogP contribution in [0.25, 0.3) is 0 Å². The highest BCUT2D eigenvalue weighted by Crippen LogP contribution is 2.29. The van der Waals surface area contributed by atoms with Gasteiger partial charge in [0, 0.05) is 20.6 Å². The molecule has 0 radical (unpaired) electrons. The molecule has 6 heteroatoms. The predicted octanol–water partition coefficient (Wildman–Crippen LogP) is 3.78. The van der Waals surface area contributed by atoms with Crippen LogP contribution in [-0.2, 0) is 12.7 Å². The van der Waals surface area contributed by atoms with Gasteiger partial charge in [0.25, 0.3) is 0 Å². The third-order valence-electron chi connectivity index (χ3n) is 2.96. The van der Waals surface area contributed by atoms with Crippen LogP contribution in [0.1, 0.15) is 11.1 Å². The summed E-state index contributed by atoms with van der Waals surface area (Å²) < 4.78 is 37.8. The van der Waals surface area contributed by atoms with Crippen LogP contribution >= 0.6 is 0 Å². The Balaban J connectivity index is 2.03. The number of nitrogens with zero attached hydrogens (tertiary/aromatic N) is 2. The van der Waals surface area contributed by atoms with Gasteiger partial charge in [0.05, 0.1) is 17.4 Å². The monoisotopic (exact) mass is 295 g/mol. The maximum Gasteiger partial charge on any atom is 0.416 e. The second kappa shape index (κ2) is 6.03. The van der Waals surface area contributed by atoms with Crippen LogP contribution in [0.2, 0.25) is 0 Å². The third-order valence-corrected chi connectivity index (χ3v) is 2.96. The van der Waals surface area contributed by atoms with Crippen molar-refractivity contribution in [3.05, 3.63) is 53.7 Å². The molecule has 1 heterocycles. The van der Waals surface area contributed by atoms with Crippen LogP contribution in [0.5, 0.6) is 0 Å². The lowest BCUT2D eigenvalue weighted by atomic mass is 10.1. The molecule has 0 bridgehead atoms. The van der Waals surface area contributed by atoms with Gasteiger partial charge in [-0.3, -0.25) is 0 Å². The molecule has 3 nitrogen and oxygen atoms in total. The Kier molecular flexibility index (Phi) is 4.35. The van der Waals surface area contributed by atoms with Gasteiger partial charge in [-0.2, -0.15) is 13.2 Å². The van der Waals surface area contributed by atoms with Gasteiger partial charge < -0.3 is 10.2 Å². The zero-order chi connectivity index (χ0) is 15.5. The van der Waals surface area contributed by atoms with Crippen molar-refractivity contribution >= 4 is 11.5 Å². The van der Waals surface area contributed by atoms with Gasteiger partial charge in [-0.1, -0.05) is 12.1 Å². The standard InChI is InChI=1S/C15H16F3N3/c1-21(2)14-7-6-13(10-20-14)19-9-11-4-3-5-12(8-11)15(16,17)18/h3-8,10,19H,9H2,1-2H3. The topological polar surface area (TPSA) is 28.2 Å². The Morgan fingerprint density at radius 1 is 1.14 bits per heavy atom. The summed E-state index contributed by atoms with van der Waals surface area (Å²) in [5.41, 5.74) is 0.697. The number of nitrogens with one attached hydrogen (secondary N) is 1. The van der Waals surface area contributed by atoms with Gasteiger partial charge in [0.1, 0.15) is 5.82 Å². The van der Waals surface area contributed by atoms with E-state index >= 15 is 0 Å². The van der Waals surface area contributed by atoms with Crippen LogP contribution < -0.4 is 10.2 Å². The zero-order valence-corrected chi connectivity index (χ0v) is 11.8. The minimum atomic E-state index is -4.31. The summed E-state index contributed by atoms with van der Waals surface area (Å²) >= 11 is 0. The summed E-state index contributed by atoms with van der Waals surface area (Å²) in [6.07, 6.45) is -2.66. The fourth-order valence-electron chi connectivity index (χ4n) is 1.82. The van der Waals surface area contributed by atoms with Crippen molar-refractivity contribution in [3.8, 4) is 0 Å². The van der Waals surface area contributed by atoms with E-state index in [1.165, 1.54) is 6.07 Å². The molecular formula is C15H16F3N3. The third kappa shape index (κ3) is 4.11. The maximum atomic E-state index is 12.6. The zero-order valence-electron chi connectivity index (χ0n) is 11.8. The van der Waals surface area contributed by atoms with E-state index in [1.54, 1.807) is 12.3 Å². The molecular weight excluding hydrogens is 279 g/mol. The van der Waals surface area contributed by atoms with Crippen LogP contribution in [0.3, 0.4) is 0 Å². The van der Waals surface area contributed by atoms with Crippen molar-refractivity contribution in [3.63, 3.8) is 0 Å². The molecule has 2 aromatic rings. The summed E-state index contributed by atoms with van der Waals surface area (Å²) in [5, 5.41) is 3.06. The van der Waals surface area contributed by atoms with Crippen LogP contribution in [0, 0.1) is 0 Å². The van der Waals surface area contributed by atoms with E-state index in [9.17, 15) is 13.2 Å². The average Bonchev–Trinajstić information content (AvgIpc) is 2.45. The average molecular weight is 295 g/mol. The molecule has 0 saturated heterocycles. The van der Waals surface area contributed by atoms with Gasteiger partial charge in [0.15, 0.2) is 0 Å². The van der Waals surface area contributed by atoms with Gasteiger partial charge in [-0.15, -0.1) is 0 Å². The number of rotatable bonds is 4. The van der Waals surface area contributed by atoms with E-state index in [0.29, 0.717) is 12.1 Å². The summed E-state index contributed by atoms with van der Waals surface area (Å²) in [4.78, 5) is 6.10. The van der Waals surface area contributed by atoms with E-state index in [0.717, 1.165) is 23.6 Å². The number of hydrogen-bond acceptors (Lipinski definition) is 3. The van der Waals surface area contributed by atoms with Gasteiger partial charge in [0.2, 0.25) is 0 Å². The molecule has 0 fully saturated rings. The SMILES string of the molecule is CN(C)c1ccc(NCc2cccc(C(F)(F)F)c2)cn1. The summed E-state index contributed by atoms with van der Waals surface area (Å²) in [6.45, 7) is 0.312. The number of halogens is 3. The number of aromatic nitrogens is 1. The molecule has 0 amide bonds. The van der Waals surface area contributed by atoms with Gasteiger partial charge in [-0.25, -0.2) is 4.98 Å². The first-order valence-electron chi connectivity index (χ1n) is 6.39. The van der Waals surface area contributed by atoms with Gasteiger partial charge in [-0.05, 0) is 29.8 Å². The molecule has 0 aliphatic carbocycles. The first kappa shape index (κ1) is 15.2. The molecule has 0 unspecified atom stereocenters. The molecule has 0 aliphatic rings. The van der Waals surface area contributed by atoms with Crippen molar-refractivity contribution in [1.29, 1.82) is 0 Å². The minimum absolute atomic E-state index is 0.312. The maximum absolute atomic E-state index is 12.6. The van der Waals surface area contributed by atoms with Crippen LogP contribution in [-0.4, -0.2) is 19.1 Å². The highest BCUT2D eigenvalue weighted by atomic mass is 19.4. The lowest BCUT2D eigenvalue weighted by Crippen LogP contribution is -2.10. The fraction of sp³-hybridized carbons (Fsp3) is 0.267. The molecule has 21 heavy (non-hydrogen) atoms. The van der Waals surface area contributed by atoms with Crippen LogP contribution in [0.4, 0.5) is 24.7 Å². The summed E-state index contributed by atoms with van der Waals surface area (Å²) in [6, 6.07) is 8.97. The minimum Gasteiger partial charge on any atom is -0.380 e. The Hall–Kier alpha value is -2.24. The summed E-state index contributed by atoms with van der Waals surface area (Å²) in [5.74, 6) is 0.819. The largest absolute Gasteiger partial charge is 0.416 e. The Bertz CT molecular complexity index is 592. The highest BCUT2D eigenvalue weighted by molar-refractivity contribution is 5.48. The Labute approximate surface area is 121 Å². The number of benzene rings is 1. The van der Waals surface area contributed by atoms with Gasteiger partial charge >= 0.3 is 6.18 Å². The molecule has 112 valence electrons. The first-order chi connectivity index (χ1) is 9.86. The summed E-state index contributed by atoms with van der Waals surface area (Å²) in [7, 11) is 3.77. The molecule has 0 atom stereocenters. The normalized spacial score (nSPS) is 11.3. The van der Waals surface area contributed by atoms with Crippen molar-refractivity contribution in [2.75, 3.05) is 24.3 Å². The smallest absolute Gasteiger partial charge is 0.380 e. The van der Waals surface area contributed by atoms with Crippen molar-refractivity contribution in [1.82, 2.24) is 4.98 Å². The lowest BCUT2D eigenvalue weighted by molar-refractivity contribution is -0.137. The predicted molar refractivity (Wildman–Crippen MR) is 77.3 cm³/mol. The van der Waals surface area contributed by atoms with E-state index in [2.05, 4.69) is 10.3 Å². The number of pyridine rings is 1. The number of anilines is 2. The molecule has 0 saturated carbocycles. The molecule has 1 N–H and O–H groups in total. The van der Waals surface area contributed by atoms with Crippen molar-refractivity contribution in [2.24, 2.45) is 0 Å². The first-order valence-corrected chi connectivity index (χ1v) is 6.39. The lowest BCUT2D eigenvalue weighted by Gasteiger charge is -2.13. The molecule has 1 aromatic heterocycles. The Morgan fingerprint density at radius 2 is 1.90 bits per heavy atom. The van der Waals surface area contributed by atoms with Crippen molar-refractivity contribution < 1.29 is 13.2 Å². The fourth-order valence-corrected chi connectivity index (χ4v) is 1.82. The molecule has 0 spiro atoms.